The summed E-state index contributed by atoms with van der Waals surface area (Å²) in [6.45, 7) is 6.55. The molecule has 1 aliphatic rings. The highest BCUT2D eigenvalue weighted by atomic mass is 32.1. The van der Waals surface area contributed by atoms with Crippen molar-refractivity contribution in [2.75, 3.05) is 18.0 Å². The average molecular weight is 343 g/mol. The molecule has 0 atom stereocenters. The normalized spacial score (nSPS) is 16.5. The third kappa shape index (κ3) is 4.02. The number of hydrogen-bond donors (Lipinski definition) is 0. The standard InChI is InChI=1S/C19H25N3OS/c1-15(2)21-11-8-16(9-12-21)22(18-7-3-4-10-20-18)19(23)14-17-6-5-13-24-17/h3-7,10,13,15-16H,8-9,11-12,14H2,1-2H3. The van der Waals surface area contributed by atoms with E-state index in [4.69, 9.17) is 0 Å². The van der Waals surface area contributed by atoms with Gasteiger partial charge in [0.2, 0.25) is 5.91 Å². The lowest BCUT2D eigenvalue weighted by atomic mass is 10.0. The van der Waals surface area contributed by atoms with Crippen LogP contribution in [0.1, 0.15) is 31.6 Å². The van der Waals surface area contributed by atoms with Gasteiger partial charge in [-0.2, -0.15) is 0 Å². The Balaban J connectivity index is 1.77. The van der Waals surface area contributed by atoms with Gasteiger partial charge < -0.3 is 4.90 Å². The molecule has 0 radical (unpaired) electrons. The zero-order valence-corrected chi connectivity index (χ0v) is 15.2. The largest absolute Gasteiger partial charge is 0.301 e. The van der Waals surface area contributed by atoms with Crippen molar-refractivity contribution < 1.29 is 4.79 Å². The predicted octanol–water partition coefficient (Wildman–Crippen LogP) is 3.59. The number of hydrogen-bond acceptors (Lipinski definition) is 4. The van der Waals surface area contributed by atoms with E-state index >= 15 is 0 Å². The number of amides is 1. The van der Waals surface area contributed by atoms with Crippen molar-refractivity contribution in [2.24, 2.45) is 0 Å². The molecule has 1 saturated heterocycles. The molecule has 0 N–H and O–H groups in total. The zero-order valence-electron chi connectivity index (χ0n) is 14.4. The summed E-state index contributed by atoms with van der Waals surface area (Å²) in [6, 6.07) is 10.6. The molecule has 1 amide bonds. The number of carbonyl (C=O) groups excluding carboxylic acids is 1. The fourth-order valence-electron chi connectivity index (χ4n) is 3.32. The minimum absolute atomic E-state index is 0.152. The molecule has 3 heterocycles. The second-order valence-corrected chi connectivity index (χ2v) is 7.60. The smallest absolute Gasteiger partial charge is 0.233 e. The first-order valence-corrected chi connectivity index (χ1v) is 9.52. The summed E-state index contributed by atoms with van der Waals surface area (Å²) in [6.07, 6.45) is 4.23. The van der Waals surface area contributed by atoms with Crippen LogP contribution >= 0.6 is 11.3 Å². The summed E-state index contributed by atoms with van der Waals surface area (Å²) < 4.78 is 0. The van der Waals surface area contributed by atoms with E-state index in [0.29, 0.717) is 12.5 Å². The van der Waals surface area contributed by atoms with Crippen LogP contribution in [0, 0.1) is 0 Å². The molecule has 0 bridgehead atoms. The Labute approximate surface area is 148 Å². The van der Waals surface area contributed by atoms with Crippen LogP contribution in [0.4, 0.5) is 5.82 Å². The maximum absolute atomic E-state index is 13.0. The van der Waals surface area contributed by atoms with Crippen molar-refractivity contribution >= 4 is 23.1 Å². The molecule has 3 rings (SSSR count). The van der Waals surface area contributed by atoms with Crippen LogP contribution < -0.4 is 4.90 Å². The molecule has 2 aromatic rings. The number of carbonyl (C=O) groups is 1. The Morgan fingerprint density at radius 2 is 2.08 bits per heavy atom. The minimum atomic E-state index is 0.152. The van der Waals surface area contributed by atoms with E-state index < -0.39 is 0 Å². The Morgan fingerprint density at radius 3 is 2.67 bits per heavy atom. The molecule has 1 fully saturated rings. The highest BCUT2D eigenvalue weighted by Crippen LogP contribution is 2.24. The number of pyridine rings is 1. The van der Waals surface area contributed by atoms with Gasteiger partial charge in [0.15, 0.2) is 0 Å². The van der Waals surface area contributed by atoms with Crippen LogP contribution in [-0.4, -0.2) is 41.0 Å². The number of nitrogens with zero attached hydrogens (tertiary/aromatic N) is 3. The van der Waals surface area contributed by atoms with Gasteiger partial charge in [-0.25, -0.2) is 4.98 Å². The van der Waals surface area contributed by atoms with E-state index in [2.05, 4.69) is 23.7 Å². The fraction of sp³-hybridized carbons (Fsp3) is 0.474. The number of piperidine rings is 1. The van der Waals surface area contributed by atoms with Gasteiger partial charge in [0.25, 0.3) is 0 Å². The first-order chi connectivity index (χ1) is 11.6. The molecule has 5 heteroatoms. The number of thiophene rings is 1. The predicted molar refractivity (Wildman–Crippen MR) is 99.5 cm³/mol. The topological polar surface area (TPSA) is 36.4 Å². The molecule has 0 aromatic carbocycles. The second-order valence-electron chi connectivity index (χ2n) is 6.57. The van der Waals surface area contributed by atoms with E-state index in [1.165, 1.54) is 0 Å². The number of aromatic nitrogens is 1. The minimum Gasteiger partial charge on any atom is -0.301 e. The molecule has 0 saturated carbocycles. The van der Waals surface area contributed by atoms with Crippen molar-refractivity contribution in [1.82, 2.24) is 9.88 Å². The van der Waals surface area contributed by atoms with Gasteiger partial charge in [-0.15, -0.1) is 11.3 Å². The van der Waals surface area contributed by atoms with E-state index in [-0.39, 0.29) is 11.9 Å². The highest BCUT2D eigenvalue weighted by Gasteiger charge is 2.30. The van der Waals surface area contributed by atoms with Crippen molar-refractivity contribution in [2.45, 2.75) is 45.2 Å². The fourth-order valence-corrected chi connectivity index (χ4v) is 4.02. The molecule has 24 heavy (non-hydrogen) atoms. The van der Waals surface area contributed by atoms with Crippen LogP contribution in [0.15, 0.2) is 41.9 Å². The number of likely N-dealkylation sites (tertiary alicyclic amines) is 1. The maximum atomic E-state index is 13.0. The van der Waals surface area contributed by atoms with Crippen molar-refractivity contribution in [3.05, 3.63) is 46.8 Å². The van der Waals surface area contributed by atoms with Crippen LogP contribution in [0.5, 0.6) is 0 Å². The Bertz CT molecular complexity index is 634. The molecule has 4 nitrogen and oxygen atoms in total. The molecule has 0 unspecified atom stereocenters. The van der Waals surface area contributed by atoms with E-state index in [1.54, 1.807) is 17.5 Å². The second kappa shape index (κ2) is 7.90. The molecule has 128 valence electrons. The summed E-state index contributed by atoms with van der Waals surface area (Å²) >= 11 is 1.64. The average Bonchev–Trinajstić information content (AvgIpc) is 3.09. The van der Waals surface area contributed by atoms with Gasteiger partial charge in [0.1, 0.15) is 5.82 Å². The number of rotatable bonds is 5. The van der Waals surface area contributed by atoms with E-state index in [1.807, 2.05) is 40.6 Å². The van der Waals surface area contributed by atoms with Crippen LogP contribution in [0.3, 0.4) is 0 Å². The van der Waals surface area contributed by atoms with Gasteiger partial charge in [-0.3, -0.25) is 9.69 Å². The summed E-state index contributed by atoms with van der Waals surface area (Å²) in [4.78, 5) is 23.0. The maximum Gasteiger partial charge on any atom is 0.233 e. The van der Waals surface area contributed by atoms with Gasteiger partial charge in [0, 0.05) is 36.2 Å². The summed E-state index contributed by atoms with van der Waals surface area (Å²) in [5.74, 6) is 0.932. The molecule has 2 aromatic heterocycles. The number of anilines is 1. The van der Waals surface area contributed by atoms with Crippen LogP contribution in [0.2, 0.25) is 0 Å². The lowest BCUT2D eigenvalue weighted by Crippen LogP contribution is -2.49. The van der Waals surface area contributed by atoms with E-state index in [9.17, 15) is 4.79 Å². The molecular formula is C19H25N3OS. The van der Waals surface area contributed by atoms with Crippen molar-refractivity contribution in [3.8, 4) is 0 Å². The van der Waals surface area contributed by atoms with Gasteiger partial charge in [0.05, 0.1) is 6.42 Å². The van der Waals surface area contributed by atoms with Gasteiger partial charge in [-0.05, 0) is 50.3 Å². The Morgan fingerprint density at radius 1 is 1.29 bits per heavy atom. The molecule has 1 aliphatic heterocycles. The van der Waals surface area contributed by atoms with Crippen LogP contribution in [-0.2, 0) is 11.2 Å². The SMILES string of the molecule is CC(C)N1CCC(N(C(=O)Cc2cccs2)c2ccccn2)CC1. The summed E-state index contributed by atoms with van der Waals surface area (Å²) in [5.41, 5.74) is 0. The van der Waals surface area contributed by atoms with Crippen LogP contribution in [0.25, 0.3) is 0 Å². The van der Waals surface area contributed by atoms with Gasteiger partial charge in [-0.1, -0.05) is 12.1 Å². The third-order valence-electron chi connectivity index (χ3n) is 4.66. The monoisotopic (exact) mass is 343 g/mol. The third-order valence-corrected chi connectivity index (χ3v) is 5.54. The van der Waals surface area contributed by atoms with E-state index in [0.717, 1.165) is 36.6 Å². The van der Waals surface area contributed by atoms with Crippen molar-refractivity contribution in [3.63, 3.8) is 0 Å². The quantitative estimate of drug-likeness (QED) is 0.832. The lowest BCUT2D eigenvalue weighted by molar-refractivity contribution is -0.118. The van der Waals surface area contributed by atoms with Crippen molar-refractivity contribution in [1.29, 1.82) is 0 Å². The lowest BCUT2D eigenvalue weighted by Gasteiger charge is -2.39. The summed E-state index contributed by atoms with van der Waals surface area (Å²) in [5, 5.41) is 2.02. The van der Waals surface area contributed by atoms with Gasteiger partial charge >= 0.3 is 0 Å². The molecular weight excluding hydrogens is 318 g/mol. The molecule has 0 aliphatic carbocycles. The first kappa shape index (κ1) is 17.1. The molecule has 0 spiro atoms. The highest BCUT2D eigenvalue weighted by molar-refractivity contribution is 7.10. The Kier molecular flexibility index (Phi) is 5.63. The Hall–Kier alpha value is -1.72. The zero-order chi connectivity index (χ0) is 16.9. The first-order valence-electron chi connectivity index (χ1n) is 8.64. The summed E-state index contributed by atoms with van der Waals surface area (Å²) in [7, 11) is 0.